The minimum Gasteiger partial charge on any atom is -0.319 e. The molecular formula is C21H15F2N3O2S. The highest BCUT2D eigenvalue weighted by atomic mass is 32.1. The van der Waals surface area contributed by atoms with Crippen LogP contribution in [0.15, 0.2) is 59.7 Å². The molecule has 2 aromatic carbocycles. The summed E-state index contributed by atoms with van der Waals surface area (Å²) in [5, 5.41) is 2.71. The Morgan fingerprint density at radius 1 is 1.17 bits per heavy atom. The average Bonchev–Trinajstić information content (AvgIpc) is 3.05. The van der Waals surface area contributed by atoms with E-state index in [1.807, 2.05) is 30.3 Å². The maximum atomic E-state index is 13.8. The third-order valence-corrected chi connectivity index (χ3v) is 5.69. The van der Waals surface area contributed by atoms with E-state index in [2.05, 4.69) is 10.3 Å². The van der Waals surface area contributed by atoms with Crippen LogP contribution in [0.4, 0.5) is 14.5 Å². The van der Waals surface area contributed by atoms with E-state index in [0.717, 1.165) is 35.1 Å². The van der Waals surface area contributed by atoms with Crippen molar-refractivity contribution in [2.45, 2.75) is 13.5 Å². The molecule has 0 aliphatic heterocycles. The zero-order valence-corrected chi connectivity index (χ0v) is 16.1. The third-order valence-electron chi connectivity index (χ3n) is 4.50. The van der Waals surface area contributed by atoms with Gasteiger partial charge in [-0.15, -0.1) is 11.3 Å². The first kappa shape index (κ1) is 18.9. The van der Waals surface area contributed by atoms with Crippen LogP contribution in [0.3, 0.4) is 0 Å². The number of fused-ring (bicyclic) bond motifs is 1. The first-order valence-electron chi connectivity index (χ1n) is 8.73. The highest BCUT2D eigenvalue weighted by Crippen LogP contribution is 2.28. The van der Waals surface area contributed by atoms with Crippen LogP contribution in [0.5, 0.6) is 0 Å². The maximum absolute atomic E-state index is 13.8. The molecule has 0 unspecified atom stereocenters. The molecule has 0 aliphatic rings. The largest absolute Gasteiger partial charge is 0.319 e. The summed E-state index contributed by atoms with van der Waals surface area (Å²) in [5.74, 6) is -2.04. The fraction of sp³-hybridized carbons (Fsp3) is 0.0952. The third kappa shape index (κ3) is 3.66. The molecule has 146 valence electrons. The highest BCUT2D eigenvalue weighted by Gasteiger charge is 2.20. The number of benzene rings is 2. The van der Waals surface area contributed by atoms with Crippen molar-refractivity contribution in [3.63, 3.8) is 0 Å². The Morgan fingerprint density at radius 2 is 1.93 bits per heavy atom. The zero-order chi connectivity index (χ0) is 20.5. The van der Waals surface area contributed by atoms with Gasteiger partial charge in [0.15, 0.2) is 0 Å². The lowest BCUT2D eigenvalue weighted by Crippen LogP contribution is -2.21. The van der Waals surface area contributed by atoms with Gasteiger partial charge in [0.05, 0.1) is 28.8 Å². The van der Waals surface area contributed by atoms with E-state index >= 15 is 0 Å². The van der Waals surface area contributed by atoms with Gasteiger partial charge in [0.1, 0.15) is 16.5 Å². The van der Waals surface area contributed by atoms with Gasteiger partial charge in [-0.05, 0) is 30.2 Å². The van der Waals surface area contributed by atoms with Crippen LogP contribution < -0.4 is 10.9 Å². The summed E-state index contributed by atoms with van der Waals surface area (Å²) in [4.78, 5) is 30.5. The SMILES string of the molecule is Cc1c(C(=O)Nc2cc(F)ccc2F)sc2ncn(Cc3ccccc3)c(=O)c12. The summed E-state index contributed by atoms with van der Waals surface area (Å²) in [6, 6.07) is 12.3. The number of hydrogen-bond donors (Lipinski definition) is 1. The van der Waals surface area contributed by atoms with Gasteiger partial charge < -0.3 is 5.32 Å². The second-order valence-electron chi connectivity index (χ2n) is 6.48. The summed E-state index contributed by atoms with van der Waals surface area (Å²) in [5.41, 5.74) is 0.882. The molecule has 0 bridgehead atoms. The fourth-order valence-electron chi connectivity index (χ4n) is 3.04. The number of anilines is 1. The van der Waals surface area contributed by atoms with Gasteiger partial charge in [0, 0.05) is 6.07 Å². The molecule has 4 aromatic rings. The second kappa shape index (κ2) is 7.56. The molecule has 0 saturated heterocycles. The van der Waals surface area contributed by atoms with E-state index < -0.39 is 17.5 Å². The predicted molar refractivity (Wildman–Crippen MR) is 108 cm³/mol. The predicted octanol–water partition coefficient (Wildman–Crippen LogP) is 4.35. The van der Waals surface area contributed by atoms with E-state index in [4.69, 9.17) is 0 Å². The smallest absolute Gasteiger partial charge is 0.266 e. The molecule has 2 aromatic heterocycles. The first-order chi connectivity index (χ1) is 13.9. The molecule has 0 saturated carbocycles. The average molecular weight is 411 g/mol. The van der Waals surface area contributed by atoms with Gasteiger partial charge in [-0.2, -0.15) is 0 Å². The summed E-state index contributed by atoms with van der Waals surface area (Å²) in [6.07, 6.45) is 1.45. The number of aryl methyl sites for hydroxylation is 1. The van der Waals surface area contributed by atoms with E-state index in [1.165, 1.54) is 10.9 Å². The van der Waals surface area contributed by atoms with Gasteiger partial charge in [0.25, 0.3) is 11.5 Å². The van der Waals surface area contributed by atoms with Crippen LogP contribution in [0.25, 0.3) is 10.2 Å². The van der Waals surface area contributed by atoms with Crippen molar-refractivity contribution in [2.24, 2.45) is 0 Å². The summed E-state index contributed by atoms with van der Waals surface area (Å²) >= 11 is 1.04. The van der Waals surface area contributed by atoms with Gasteiger partial charge >= 0.3 is 0 Å². The quantitative estimate of drug-likeness (QED) is 0.543. The summed E-state index contributed by atoms with van der Waals surface area (Å²) in [7, 11) is 0. The molecule has 5 nitrogen and oxygen atoms in total. The Morgan fingerprint density at radius 3 is 2.69 bits per heavy atom. The molecule has 0 atom stereocenters. The standard InChI is InChI=1S/C21H15F2N3O2S/c1-12-17-20(24-11-26(21(17)28)10-13-5-3-2-4-6-13)29-18(12)19(27)25-16-9-14(22)7-8-15(16)23/h2-9,11H,10H2,1H3,(H,25,27). The van der Waals surface area contributed by atoms with E-state index in [1.54, 1.807) is 6.92 Å². The molecule has 29 heavy (non-hydrogen) atoms. The molecule has 1 amide bonds. The van der Waals surface area contributed by atoms with Crippen molar-refractivity contribution in [3.05, 3.63) is 92.9 Å². The van der Waals surface area contributed by atoms with E-state index in [0.29, 0.717) is 22.3 Å². The van der Waals surface area contributed by atoms with Crippen LogP contribution >= 0.6 is 11.3 Å². The number of thiophene rings is 1. The van der Waals surface area contributed by atoms with Crippen LogP contribution in [-0.4, -0.2) is 15.5 Å². The van der Waals surface area contributed by atoms with Gasteiger partial charge in [0.2, 0.25) is 0 Å². The maximum Gasteiger partial charge on any atom is 0.266 e. The van der Waals surface area contributed by atoms with E-state index in [9.17, 15) is 18.4 Å². The number of aromatic nitrogens is 2. The van der Waals surface area contributed by atoms with Gasteiger partial charge in [-0.3, -0.25) is 14.2 Å². The minimum absolute atomic E-state index is 0.228. The van der Waals surface area contributed by atoms with Crippen molar-refractivity contribution in [3.8, 4) is 0 Å². The Labute approximate surface area is 168 Å². The lowest BCUT2D eigenvalue weighted by atomic mass is 10.2. The number of hydrogen-bond acceptors (Lipinski definition) is 4. The Hall–Kier alpha value is -3.39. The Kier molecular flexibility index (Phi) is 4.94. The lowest BCUT2D eigenvalue weighted by molar-refractivity contribution is 0.102. The van der Waals surface area contributed by atoms with Crippen LogP contribution in [-0.2, 0) is 6.54 Å². The van der Waals surface area contributed by atoms with Crippen molar-refractivity contribution in [2.75, 3.05) is 5.32 Å². The van der Waals surface area contributed by atoms with Gasteiger partial charge in [-0.25, -0.2) is 13.8 Å². The number of amides is 1. The number of nitrogens with one attached hydrogen (secondary N) is 1. The molecule has 1 N–H and O–H groups in total. The van der Waals surface area contributed by atoms with Crippen LogP contribution in [0.2, 0.25) is 0 Å². The van der Waals surface area contributed by atoms with Crippen molar-refractivity contribution in [1.82, 2.24) is 9.55 Å². The van der Waals surface area contributed by atoms with Crippen molar-refractivity contribution >= 4 is 33.1 Å². The monoisotopic (exact) mass is 411 g/mol. The number of carbonyl (C=O) groups excluding carboxylic acids is 1. The van der Waals surface area contributed by atoms with Gasteiger partial charge in [-0.1, -0.05) is 30.3 Å². The van der Waals surface area contributed by atoms with E-state index in [-0.39, 0.29) is 16.1 Å². The minimum atomic E-state index is -0.748. The Bertz CT molecular complexity index is 1280. The summed E-state index contributed by atoms with van der Waals surface area (Å²) < 4.78 is 28.7. The molecule has 0 radical (unpaired) electrons. The van der Waals surface area contributed by atoms with Crippen molar-refractivity contribution in [1.29, 1.82) is 0 Å². The molecule has 2 heterocycles. The molecule has 8 heteroatoms. The Balaban J connectivity index is 1.70. The molecule has 0 aliphatic carbocycles. The highest BCUT2D eigenvalue weighted by molar-refractivity contribution is 7.20. The first-order valence-corrected chi connectivity index (χ1v) is 9.54. The summed E-state index contributed by atoms with van der Waals surface area (Å²) in [6.45, 7) is 2.00. The topological polar surface area (TPSA) is 64.0 Å². The van der Waals surface area contributed by atoms with Crippen molar-refractivity contribution < 1.29 is 13.6 Å². The fourth-order valence-corrected chi connectivity index (χ4v) is 4.08. The van der Waals surface area contributed by atoms with Crippen LogP contribution in [0, 0.1) is 18.6 Å². The lowest BCUT2D eigenvalue weighted by Gasteiger charge is -2.06. The number of halogens is 2. The number of rotatable bonds is 4. The normalized spacial score (nSPS) is 11.0. The molecular weight excluding hydrogens is 396 g/mol. The van der Waals surface area contributed by atoms with Crippen LogP contribution in [0.1, 0.15) is 20.8 Å². The second-order valence-corrected chi connectivity index (χ2v) is 7.48. The molecule has 4 rings (SSSR count). The number of carbonyl (C=O) groups is 1. The zero-order valence-electron chi connectivity index (χ0n) is 15.3. The number of nitrogens with zero attached hydrogens (tertiary/aromatic N) is 2. The molecule has 0 spiro atoms. The molecule has 0 fully saturated rings.